The molecule has 0 fully saturated rings. The molecular formula is C22H18N2S2. The van der Waals surface area contributed by atoms with Gasteiger partial charge in [-0.1, -0.05) is 58.9 Å². The highest BCUT2D eigenvalue weighted by Gasteiger charge is 2.13. The molecule has 0 aliphatic rings. The normalized spacial score (nSPS) is 11.0. The van der Waals surface area contributed by atoms with E-state index >= 15 is 0 Å². The summed E-state index contributed by atoms with van der Waals surface area (Å²) in [5.74, 6) is 0. The molecule has 0 bridgehead atoms. The lowest BCUT2D eigenvalue weighted by atomic mass is 10.2. The maximum Gasteiger partial charge on any atom is 0.104 e. The molecule has 0 unspecified atom stereocenters. The lowest BCUT2D eigenvalue weighted by molar-refractivity contribution is 1.19. The van der Waals surface area contributed by atoms with Crippen molar-refractivity contribution < 1.29 is 0 Å². The molecule has 2 nitrogen and oxygen atoms in total. The summed E-state index contributed by atoms with van der Waals surface area (Å²) < 4.78 is 0. The predicted molar refractivity (Wildman–Crippen MR) is 110 cm³/mol. The highest BCUT2D eigenvalue weighted by molar-refractivity contribution is 8.02. The number of hydrogen-bond acceptors (Lipinski definition) is 4. The monoisotopic (exact) mass is 374 g/mol. The number of hydrogen-bond donors (Lipinski definition) is 0. The molecule has 0 N–H and O–H groups in total. The van der Waals surface area contributed by atoms with Crippen molar-refractivity contribution in [2.75, 3.05) is 0 Å². The van der Waals surface area contributed by atoms with Crippen LogP contribution in [0.2, 0.25) is 0 Å². The van der Waals surface area contributed by atoms with Gasteiger partial charge < -0.3 is 0 Å². The number of benzene rings is 3. The molecule has 0 saturated carbocycles. The standard InChI is InChI=1S/C22H18N2S2/c1-15-3-7-17(8-4-15)25-20-12-11-19-21(24-14-13-23-19)22(20)26-18-9-5-16(2)6-10-18/h3-14H,1-2H3. The molecule has 1 heterocycles. The zero-order chi connectivity index (χ0) is 17.9. The van der Waals surface area contributed by atoms with Gasteiger partial charge in [-0.05, 0) is 50.2 Å². The van der Waals surface area contributed by atoms with E-state index in [1.807, 2.05) is 0 Å². The highest BCUT2D eigenvalue weighted by Crippen LogP contribution is 2.42. The second-order valence-electron chi connectivity index (χ2n) is 6.15. The van der Waals surface area contributed by atoms with Crippen molar-refractivity contribution in [1.29, 1.82) is 0 Å². The van der Waals surface area contributed by atoms with Gasteiger partial charge in [0.1, 0.15) is 5.52 Å². The van der Waals surface area contributed by atoms with Crippen LogP contribution in [0.1, 0.15) is 11.1 Å². The van der Waals surface area contributed by atoms with Crippen LogP contribution in [0, 0.1) is 13.8 Å². The molecule has 3 aromatic carbocycles. The minimum Gasteiger partial charge on any atom is -0.253 e. The highest BCUT2D eigenvalue weighted by atomic mass is 32.2. The van der Waals surface area contributed by atoms with E-state index in [-0.39, 0.29) is 0 Å². The van der Waals surface area contributed by atoms with Crippen LogP contribution in [0.15, 0.2) is 92.6 Å². The third-order valence-corrected chi connectivity index (χ3v) is 6.37. The zero-order valence-electron chi connectivity index (χ0n) is 14.6. The topological polar surface area (TPSA) is 25.8 Å². The van der Waals surface area contributed by atoms with Crippen molar-refractivity contribution in [2.24, 2.45) is 0 Å². The van der Waals surface area contributed by atoms with Gasteiger partial charge in [0.05, 0.1) is 10.4 Å². The molecule has 4 rings (SSSR count). The Hall–Kier alpha value is -2.30. The Kier molecular flexibility index (Phi) is 4.96. The number of aromatic nitrogens is 2. The Balaban J connectivity index is 1.78. The summed E-state index contributed by atoms with van der Waals surface area (Å²) in [5, 5.41) is 0. The number of rotatable bonds is 4. The van der Waals surface area contributed by atoms with E-state index in [1.165, 1.54) is 25.8 Å². The molecule has 128 valence electrons. The van der Waals surface area contributed by atoms with Gasteiger partial charge in [0.2, 0.25) is 0 Å². The van der Waals surface area contributed by atoms with Crippen LogP contribution in [0.25, 0.3) is 11.0 Å². The van der Waals surface area contributed by atoms with E-state index in [1.54, 1.807) is 35.9 Å². The van der Waals surface area contributed by atoms with E-state index in [9.17, 15) is 0 Å². The Bertz CT molecular complexity index is 1040. The Morgan fingerprint density at radius 2 is 1.19 bits per heavy atom. The summed E-state index contributed by atoms with van der Waals surface area (Å²) >= 11 is 3.52. The maximum absolute atomic E-state index is 4.61. The Labute approximate surface area is 162 Å². The van der Waals surface area contributed by atoms with Crippen molar-refractivity contribution in [3.63, 3.8) is 0 Å². The lowest BCUT2D eigenvalue weighted by Gasteiger charge is -2.12. The van der Waals surface area contributed by atoms with Crippen LogP contribution < -0.4 is 0 Å². The summed E-state index contributed by atoms with van der Waals surface area (Å²) in [4.78, 5) is 13.9. The van der Waals surface area contributed by atoms with E-state index in [0.717, 1.165) is 15.9 Å². The maximum atomic E-state index is 4.61. The van der Waals surface area contributed by atoms with Crippen LogP contribution in [-0.2, 0) is 0 Å². The molecule has 4 aromatic rings. The summed E-state index contributed by atoms with van der Waals surface area (Å²) in [6.07, 6.45) is 3.51. The summed E-state index contributed by atoms with van der Waals surface area (Å²) in [7, 11) is 0. The van der Waals surface area contributed by atoms with Crippen LogP contribution >= 0.6 is 23.5 Å². The van der Waals surface area contributed by atoms with Gasteiger partial charge in [-0.3, -0.25) is 9.97 Å². The second kappa shape index (κ2) is 7.52. The average Bonchev–Trinajstić information content (AvgIpc) is 2.67. The number of fused-ring (bicyclic) bond motifs is 1. The molecule has 1 aromatic heterocycles. The Morgan fingerprint density at radius 3 is 1.85 bits per heavy atom. The van der Waals surface area contributed by atoms with Crippen molar-refractivity contribution in [2.45, 2.75) is 33.4 Å². The van der Waals surface area contributed by atoms with E-state index < -0.39 is 0 Å². The average molecular weight is 375 g/mol. The van der Waals surface area contributed by atoms with Crippen LogP contribution in [0.5, 0.6) is 0 Å². The molecule has 0 radical (unpaired) electrons. The van der Waals surface area contributed by atoms with Crippen molar-refractivity contribution in [3.8, 4) is 0 Å². The van der Waals surface area contributed by atoms with Gasteiger partial charge in [0.25, 0.3) is 0 Å². The third kappa shape index (κ3) is 3.76. The molecule has 0 atom stereocenters. The fraction of sp³-hybridized carbons (Fsp3) is 0.0909. The van der Waals surface area contributed by atoms with Crippen LogP contribution in [0.4, 0.5) is 0 Å². The number of nitrogens with zero attached hydrogens (tertiary/aromatic N) is 2. The van der Waals surface area contributed by atoms with Gasteiger partial charge in [0.15, 0.2) is 0 Å². The quantitative estimate of drug-likeness (QED) is 0.404. The molecule has 4 heteroatoms. The minimum atomic E-state index is 0.926. The smallest absolute Gasteiger partial charge is 0.104 e. The first-order valence-electron chi connectivity index (χ1n) is 8.42. The second-order valence-corrected chi connectivity index (χ2v) is 8.35. The summed E-state index contributed by atoms with van der Waals surface area (Å²) in [6, 6.07) is 21.5. The van der Waals surface area contributed by atoms with Crippen molar-refractivity contribution >= 4 is 34.6 Å². The van der Waals surface area contributed by atoms with Crippen molar-refractivity contribution in [3.05, 3.63) is 84.2 Å². The summed E-state index contributed by atoms with van der Waals surface area (Å²) in [6.45, 7) is 4.22. The lowest BCUT2D eigenvalue weighted by Crippen LogP contribution is -1.89. The molecule has 0 aliphatic heterocycles. The molecular weight excluding hydrogens is 356 g/mol. The largest absolute Gasteiger partial charge is 0.253 e. The molecule has 0 spiro atoms. The third-order valence-electron chi connectivity index (χ3n) is 4.05. The fourth-order valence-electron chi connectivity index (χ4n) is 2.63. The van der Waals surface area contributed by atoms with Gasteiger partial charge >= 0.3 is 0 Å². The zero-order valence-corrected chi connectivity index (χ0v) is 16.3. The Morgan fingerprint density at radius 1 is 0.615 bits per heavy atom. The van der Waals surface area contributed by atoms with E-state index in [2.05, 4.69) is 84.5 Å². The van der Waals surface area contributed by atoms with Gasteiger partial charge in [-0.15, -0.1) is 0 Å². The van der Waals surface area contributed by atoms with Crippen LogP contribution in [-0.4, -0.2) is 9.97 Å². The SMILES string of the molecule is Cc1ccc(Sc2ccc3nccnc3c2Sc2ccc(C)cc2)cc1. The first-order valence-corrected chi connectivity index (χ1v) is 10.0. The molecule has 0 aliphatic carbocycles. The molecule has 0 amide bonds. The first kappa shape index (κ1) is 17.1. The van der Waals surface area contributed by atoms with Gasteiger partial charge in [-0.25, -0.2) is 0 Å². The van der Waals surface area contributed by atoms with Gasteiger partial charge in [0, 0.05) is 27.1 Å². The molecule has 26 heavy (non-hydrogen) atoms. The predicted octanol–water partition coefficient (Wildman–Crippen LogP) is 6.55. The first-order chi connectivity index (χ1) is 12.7. The fourth-order valence-corrected chi connectivity index (χ4v) is 4.66. The minimum absolute atomic E-state index is 0.926. The van der Waals surface area contributed by atoms with Gasteiger partial charge in [-0.2, -0.15) is 0 Å². The van der Waals surface area contributed by atoms with Crippen LogP contribution in [0.3, 0.4) is 0 Å². The summed E-state index contributed by atoms with van der Waals surface area (Å²) in [5.41, 5.74) is 4.42. The van der Waals surface area contributed by atoms with E-state index in [0.29, 0.717) is 0 Å². The van der Waals surface area contributed by atoms with E-state index in [4.69, 9.17) is 0 Å². The molecule has 0 saturated heterocycles. The van der Waals surface area contributed by atoms with Crippen molar-refractivity contribution in [1.82, 2.24) is 9.97 Å². The number of aryl methyl sites for hydroxylation is 2.